The molecule has 1 aliphatic heterocycles. The summed E-state index contributed by atoms with van der Waals surface area (Å²) in [7, 11) is -7.28. The molecule has 0 amide bonds. The van der Waals surface area contributed by atoms with Crippen molar-refractivity contribution < 1.29 is 26.3 Å². The molecule has 0 saturated heterocycles. The van der Waals surface area contributed by atoms with Crippen LogP contribution in [0.1, 0.15) is 20.3 Å². The van der Waals surface area contributed by atoms with Gasteiger partial charge >= 0.3 is 0 Å². The predicted molar refractivity (Wildman–Crippen MR) is 112 cm³/mol. The Morgan fingerprint density at radius 2 is 1.45 bits per heavy atom. The van der Waals surface area contributed by atoms with Gasteiger partial charge in [-0.2, -0.15) is 0 Å². The average Bonchev–Trinajstić information content (AvgIpc) is 2.67. The topological polar surface area (TPSA) is 111 Å². The van der Waals surface area contributed by atoms with Crippen LogP contribution in [0.4, 0.5) is 11.4 Å². The van der Waals surface area contributed by atoms with Gasteiger partial charge in [0.25, 0.3) is 10.0 Å². The van der Waals surface area contributed by atoms with Crippen molar-refractivity contribution in [2.75, 3.05) is 28.4 Å². The standard InChI is InChI=1S/C19H24N2O6S2/c1-14(2)9-12-28(22,23)20-15-3-5-16(6-4-15)21-29(24,25)17-7-8-18-19(13-17)27-11-10-26-18/h3-8,13-14,20-21H,9-12H2,1-2H3. The van der Waals surface area contributed by atoms with Gasteiger partial charge in [-0.25, -0.2) is 16.8 Å². The summed E-state index contributed by atoms with van der Waals surface area (Å²) in [6.45, 7) is 4.69. The zero-order chi connectivity index (χ0) is 21.1. The van der Waals surface area contributed by atoms with Crippen molar-refractivity contribution in [3.05, 3.63) is 42.5 Å². The molecule has 0 fully saturated rings. The second-order valence-electron chi connectivity index (χ2n) is 7.09. The van der Waals surface area contributed by atoms with E-state index in [1.807, 2.05) is 13.8 Å². The first kappa shape index (κ1) is 21.3. The second-order valence-corrected chi connectivity index (χ2v) is 10.6. The number of ether oxygens (including phenoxy) is 2. The Morgan fingerprint density at radius 3 is 2.07 bits per heavy atom. The van der Waals surface area contributed by atoms with E-state index >= 15 is 0 Å². The molecule has 0 radical (unpaired) electrons. The van der Waals surface area contributed by atoms with E-state index in [2.05, 4.69) is 9.44 Å². The molecule has 2 N–H and O–H groups in total. The molecule has 29 heavy (non-hydrogen) atoms. The fourth-order valence-electron chi connectivity index (χ4n) is 2.63. The monoisotopic (exact) mass is 440 g/mol. The predicted octanol–water partition coefficient (Wildman–Crippen LogP) is 3.05. The number of hydrogen-bond acceptors (Lipinski definition) is 6. The molecule has 3 rings (SSSR count). The van der Waals surface area contributed by atoms with Gasteiger partial charge < -0.3 is 9.47 Å². The normalized spacial score (nSPS) is 13.9. The lowest BCUT2D eigenvalue weighted by atomic mass is 10.2. The van der Waals surface area contributed by atoms with E-state index in [9.17, 15) is 16.8 Å². The van der Waals surface area contributed by atoms with Crippen molar-refractivity contribution >= 4 is 31.4 Å². The summed E-state index contributed by atoms with van der Waals surface area (Å²) < 4.78 is 65.2. The van der Waals surface area contributed by atoms with Crippen LogP contribution in [0.2, 0.25) is 0 Å². The number of rotatable bonds is 8. The Balaban J connectivity index is 1.69. The molecule has 0 saturated carbocycles. The Kier molecular flexibility index (Phi) is 6.23. The van der Waals surface area contributed by atoms with Gasteiger partial charge in [0.2, 0.25) is 10.0 Å². The van der Waals surface area contributed by atoms with E-state index in [0.717, 1.165) is 0 Å². The minimum atomic E-state index is -3.84. The largest absolute Gasteiger partial charge is 0.486 e. The zero-order valence-corrected chi connectivity index (χ0v) is 17.8. The minimum absolute atomic E-state index is 0.0309. The highest BCUT2D eigenvalue weighted by Crippen LogP contribution is 2.32. The second kappa shape index (κ2) is 8.50. The highest BCUT2D eigenvalue weighted by atomic mass is 32.2. The number of sulfonamides is 2. The number of nitrogens with one attached hydrogen (secondary N) is 2. The summed E-state index contributed by atoms with van der Waals surface area (Å²) in [5.41, 5.74) is 0.682. The van der Waals surface area contributed by atoms with Crippen molar-refractivity contribution in [2.24, 2.45) is 5.92 Å². The lowest BCUT2D eigenvalue weighted by Crippen LogP contribution is -2.18. The summed E-state index contributed by atoms with van der Waals surface area (Å²) in [6, 6.07) is 10.4. The van der Waals surface area contributed by atoms with E-state index in [0.29, 0.717) is 42.5 Å². The molecule has 10 heteroatoms. The van der Waals surface area contributed by atoms with E-state index in [-0.39, 0.29) is 16.6 Å². The lowest BCUT2D eigenvalue weighted by molar-refractivity contribution is 0.171. The number of hydrogen-bond donors (Lipinski definition) is 2. The number of anilines is 2. The summed E-state index contributed by atoms with van der Waals surface area (Å²) in [4.78, 5) is 0.0419. The van der Waals surface area contributed by atoms with Crippen molar-refractivity contribution in [1.82, 2.24) is 0 Å². The highest BCUT2D eigenvalue weighted by molar-refractivity contribution is 7.93. The van der Waals surface area contributed by atoms with Crippen LogP contribution in [-0.2, 0) is 20.0 Å². The molecule has 0 aliphatic carbocycles. The SMILES string of the molecule is CC(C)CCS(=O)(=O)Nc1ccc(NS(=O)(=O)c2ccc3c(c2)OCCO3)cc1. The van der Waals surface area contributed by atoms with Crippen molar-refractivity contribution in [3.63, 3.8) is 0 Å². The third-order valence-corrected chi connectivity index (χ3v) is 6.90. The smallest absolute Gasteiger partial charge is 0.262 e. The van der Waals surface area contributed by atoms with Crippen LogP contribution in [-0.4, -0.2) is 35.8 Å². The van der Waals surface area contributed by atoms with Crippen molar-refractivity contribution in [1.29, 1.82) is 0 Å². The quantitative estimate of drug-likeness (QED) is 0.653. The van der Waals surface area contributed by atoms with Crippen molar-refractivity contribution in [3.8, 4) is 11.5 Å². The Morgan fingerprint density at radius 1 is 0.862 bits per heavy atom. The zero-order valence-electron chi connectivity index (χ0n) is 16.2. The van der Waals surface area contributed by atoms with Crippen LogP contribution in [0.25, 0.3) is 0 Å². The fraction of sp³-hybridized carbons (Fsp3) is 0.368. The van der Waals surface area contributed by atoms with Gasteiger partial charge in [-0.15, -0.1) is 0 Å². The van der Waals surface area contributed by atoms with Gasteiger partial charge in [-0.05, 0) is 48.7 Å². The molecule has 1 aliphatic rings. The third-order valence-electron chi connectivity index (χ3n) is 4.20. The fourth-order valence-corrected chi connectivity index (χ4v) is 5.09. The first-order chi connectivity index (χ1) is 13.6. The molecule has 0 bridgehead atoms. The molecule has 1 heterocycles. The van der Waals surface area contributed by atoms with Gasteiger partial charge in [-0.1, -0.05) is 13.8 Å². The molecule has 0 spiro atoms. The Labute approximate surface area is 171 Å². The van der Waals surface area contributed by atoms with Gasteiger partial charge in [0.05, 0.1) is 10.6 Å². The first-order valence-electron chi connectivity index (χ1n) is 9.18. The summed E-state index contributed by atoms with van der Waals surface area (Å²) >= 11 is 0. The molecule has 0 aromatic heterocycles. The van der Waals surface area contributed by atoms with Gasteiger partial charge in [-0.3, -0.25) is 9.44 Å². The number of fused-ring (bicyclic) bond motifs is 1. The number of benzene rings is 2. The first-order valence-corrected chi connectivity index (χ1v) is 12.3. The molecule has 158 valence electrons. The summed E-state index contributed by atoms with van der Waals surface area (Å²) in [5.74, 6) is 1.20. The van der Waals surface area contributed by atoms with E-state index in [4.69, 9.17) is 9.47 Å². The molecular formula is C19H24N2O6S2. The van der Waals surface area contributed by atoms with E-state index < -0.39 is 20.0 Å². The maximum Gasteiger partial charge on any atom is 0.262 e. The van der Waals surface area contributed by atoms with Crippen LogP contribution in [0.15, 0.2) is 47.4 Å². The lowest BCUT2D eigenvalue weighted by Gasteiger charge is -2.19. The molecule has 2 aromatic carbocycles. The third kappa shape index (κ3) is 5.77. The minimum Gasteiger partial charge on any atom is -0.486 e. The molecule has 8 nitrogen and oxygen atoms in total. The Hall–Kier alpha value is -2.46. The molecular weight excluding hydrogens is 416 g/mol. The van der Waals surface area contributed by atoms with Crippen molar-refractivity contribution in [2.45, 2.75) is 25.2 Å². The van der Waals surface area contributed by atoms with Gasteiger partial charge in [0.15, 0.2) is 11.5 Å². The molecule has 0 atom stereocenters. The highest BCUT2D eigenvalue weighted by Gasteiger charge is 2.19. The Bertz CT molecular complexity index is 1060. The molecule has 0 unspecified atom stereocenters. The molecule has 2 aromatic rings. The summed E-state index contributed by atoms with van der Waals surface area (Å²) in [5, 5.41) is 0. The van der Waals surface area contributed by atoms with E-state index in [1.54, 1.807) is 6.07 Å². The maximum absolute atomic E-state index is 12.6. The van der Waals surface area contributed by atoms with Crippen LogP contribution >= 0.6 is 0 Å². The van der Waals surface area contributed by atoms with E-state index in [1.165, 1.54) is 36.4 Å². The van der Waals surface area contributed by atoms with Crippen LogP contribution in [0.3, 0.4) is 0 Å². The summed E-state index contributed by atoms with van der Waals surface area (Å²) in [6.07, 6.45) is 0.558. The maximum atomic E-state index is 12.6. The van der Waals surface area contributed by atoms with Crippen LogP contribution < -0.4 is 18.9 Å². The van der Waals surface area contributed by atoms with Crippen LogP contribution in [0.5, 0.6) is 11.5 Å². The van der Waals surface area contributed by atoms with Crippen LogP contribution in [0, 0.1) is 5.92 Å². The van der Waals surface area contributed by atoms with Gasteiger partial charge in [0, 0.05) is 17.4 Å². The van der Waals surface area contributed by atoms with Gasteiger partial charge in [0.1, 0.15) is 13.2 Å². The average molecular weight is 441 g/mol.